The third-order valence-electron chi connectivity index (χ3n) is 1.70. The van der Waals surface area contributed by atoms with Crippen LogP contribution in [0.1, 0.15) is 11.3 Å². The summed E-state index contributed by atoms with van der Waals surface area (Å²) >= 11 is 0. The van der Waals surface area contributed by atoms with E-state index in [9.17, 15) is 0 Å². The molecule has 0 bridgehead atoms. The van der Waals surface area contributed by atoms with Crippen molar-refractivity contribution in [3.05, 3.63) is 29.6 Å². The molecule has 5 heteroatoms. The minimum atomic E-state index is -0.345. The summed E-state index contributed by atoms with van der Waals surface area (Å²) in [6.45, 7) is -0.0958. The van der Waals surface area contributed by atoms with Crippen LogP contribution in [0.15, 0.2) is 18.3 Å². The zero-order valence-corrected chi connectivity index (χ0v) is 8.37. The number of hydrogen-bond acceptors (Lipinski definition) is 4. The minimum absolute atomic E-state index is 0. The van der Waals surface area contributed by atoms with Crippen molar-refractivity contribution in [1.29, 1.82) is 5.26 Å². The minimum Gasteiger partial charge on any atom is -0.395 e. The lowest BCUT2D eigenvalue weighted by atomic mass is 10.1. The summed E-state index contributed by atoms with van der Waals surface area (Å²) in [4.78, 5) is 4.02. The van der Waals surface area contributed by atoms with Gasteiger partial charge in [0.2, 0.25) is 0 Å². The van der Waals surface area contributed by atoms with Crippen LogP contribution in [0.2, 0.25) is 0 Å². The Morgan fingerprint density at radius 3 is 2.93 bits per heavy atom. The predicted octanol–water partition coefficient (Wildman–Crippen LogP) is 0.237. The van der Waals surface area contributed by atoms with Gasteiger partial charge >= 0.3 is 0 Å². The van der Waals surface area contributed by atoms with E-state index in [0.29, 0.717) is 17.7 Å². The van der Waals surface area contributed by atoms with Crippen LogP contribution < -0.4 is 5.73 Å². The van der Waals surface area contributed by atoms with Crippen molar-refractivity contribution in [1.82, 2.24) is 4.98 Å². The number of aromatic nitrogens is 1. The van der Waals surface area contributed by atoms with Crippen molar-refractivity contribution in [2.75, 3.05) is 6.61 Å². The van der Waals surface area contributed by atoms with Gasteiger partial charge in [0.05, 0.1) is 17.9 Å². The van der Waals surface area contributed by atoms with Crippen molar-refractivity contribution in [2.24, 2.45) is 5.73 Å². The highest BCUT2D eigenvalue weighted by atomic mass is 35.5. The molecular weight excluding hydrogens is 202 g/mol. The van der Waals surface area contributed by atoms with E-state index in [1.54, 1.807) is 18.3 Å². The molecule has 3 N–H and O–H groups in total. The topological polar surface area (TPSA) is 82.9 Å². The van der Waals surface area contributed by atoms with E-state index in [2.05, 4.69) is 4.98 Å². The Labute approximate surface area is 88.8 Å². The average Bonchev–Trinajstić information content (AvgIpc) is 2.18. The average molecular weight is 214 g/mol. The lowest BCUT2D eigenvalue weighted by Crippen LogP contribution is -2.27. The molecule has 0 amide bonds. The number of halogens is 1. The summed E-state index contributed by atoms with van der Waals surface area (Å²) in [6, 6.07) is 5.07. The number of aliphatic hydroxyl groups is 1. The zero-order chi connectivity index (χ0) is 9.68. The Kier molecular flexibility index (Phi) is 5.81. The Morgan fingerprint density at radius 2 is 2.36 bits per heavy atom. The lowest BCUT2D eigenvalue weighted by Gasteiger charge is -2.07. The van der Waals surface area contributed by atoms with Gasteiger partial charge in [0, 0.05) is 18.7 Å². The molecule has 1 atom stereocenters. The Bertz CT molecular complexity index is 324. The van der Waals surface area contributed by atoms with Gasteiger partial charge in [-0.3, -0.25) is 4.98 Å². The number of aliphatic hydroxyl groups excluding tert-OH is 1. The fraction of sp³-hybridized carbons (Fsp3) is 0.333. The van der Waals surface area contributed by atoms with Gasteiger partial charge in [0.1, 0.15) is 6.07 Å². The van der Waals surface area contributed by atoms with Gasteiger partial charge in [0.15, 0.2) is 0 Å². The fourth-order valence-corrected chi connectivity index (χ4v) is 1.02. The van der Waals surface area contributed by atoms with Gasteiger partial charge in [-0.05, 0) is 12.1 Å². The predicted molar refractivity (Wildman–Crippen MR) is 55.0 cm³/mol. The number of hydrogen-bond donors (Lipinski definition) is 2. The molecule has 4 nitrogen and oxygen atoms in total. The Hall–Kier alpha value is -1.15. The number of nitriles is 1. The molecule has 0 aliphatic heterocycles. The maximum absolute atomic E-state index is 8.72. The molecule has 0 aliphatic carbocycles. The van der Waals surface area contributed by atoms with Crippen LogP contribution >= 0.6 is 12.4 Å². The first-order valence-corrected chi connectivity index (χ1v) is 3.98. The second-order valence-corrected chi connectivity index (χ2v) is 2.76. The largest absolute Gasteiger partial charge is 0.395 e. The fourth-order valence-electron chi connectivity index (χ4n) is 1.02. The van der Waals surface area contributed by atoms with Crippen molar-refractivity contribution in [3.63, 3.8) is 0 Å². The number of pyridine rings is 1. The van der Waals surface area contributed by atoms with Gasteiger partial charge in [0.25, 0.3) is 0 Å². The quantitative estimate of drug-likeness (QED) is 0.754. The van der Waals surface area contributed by atoms with E-state index in [1.807, 2.05) is 6.07 Å². The highest BCUT2D eigenvalue weighted by molar-refractivity contribution is 5.85. The van der Waals surface area contributed by atoms with Crippen molar-refractivity contribution in [2.45, 2.75) is 12.5 Å². The molecule has 1 aromatic heterocycles. The van der Waals surface area contributed by atoms with E-state index >= 15 is 0 Å². The van der Waals surface area contributed by atoms with Gasteiger partial charge in [-0.25, -0.2) is 0 Å². The van der Waals surface area contributed by atoms with E-state index in [0.717, 1.165) is 0 Å². The Balaban J connectivity index is 0.00000169. The van der Waals surface area contributed by atoms with Crippen molar-refractivity contribution in [3.8, 4) is 6.07 Å². The third-order valence-corrected chi connectivity index (χ3v) is 1.70. The second-order valence-electron chi connectivity index (χ2n) is 2.76. The van der Waals surface area contributed by atoms with Gasteiger partial charge in [-0.1, -0.05) is 0 Å². The summed E-state index contributed by atoms with van der Waals surface area (Å²) < 4.78 is 0. The smallest absolute Gasteiger partial charge is 0.101 e. The molecule has 1 aromatic rings. The summed E-state index contributed by atoms with van der Waals surface area (Å²) in [5, 5.41) is 17.4. The molecule has 0 saturated heterocycles. The van der Waals surface area contributed by atoms with Gasteiger partial charge < -0.3 is 10.8 Å². The highest BCUT2D eigenvalue weighted by Crippen LogP contribution is 2.05. The van der Waals surface area contributed by atoms with Crippen LogP contribution in [0, 0.1) is 11.3 Å². The molecule has 1 heterocycles. The maximum Gasteiger partial charge on any atom is 0.101 e. The van der Waals surface area contributed by atoms with Crippen LogP contribution in [-0.4, -0.2) is 22.7 Å². The molecule has 0 radical (unpaired) electrons. The number of rotatable bonds is 3. The van der Waals surface area contributed by atoms with Crippen LogP contribution in [-0.2, 0) is 6.42 Å². The molecule has 0 aliphatic rings. The third kappa shape index (κ3) is 3.30. The summed E-state index contributed by atoms with van der Waals surface area (Å²) in [7, 11) is 0. The molecule has 0 fully saturated rings. The second kappa shape index (κ2) is 6.33. The molecule has 0 spiro atoms. The van der Waals surface area contributed by atoms with Crippen molar-refractivity contribution < 1.29 is 5.11 Å². The molecule has 1 rings (SSSR count). The van der Waals surface area contributed by atoms with Gasteiger partial charge in [-0.2, -0.15) is 5.26 Å². The molecular formula is C9H12ClN3O. The molecule has 0 aromatic carbocycles. The molecule has 0 unspecified atom stereocenters. The Morgan fingerprint density at radius 1 is 1.64 bits per heavy atom. The van der Waals surface area contributed by atoms with Crippen LogP contribution in [0.4, 0.5) is 0 Å². The first-order valence-electron chi connectivity index (χ1n) is 3.98. The summed E-state index contributed by atoms with van der Waals surface area (Å²) in [5.41, 5.74) is 6.69. The van der Waals surface area contributed by atoms with E-state index < -0.39 is 0 Å². The van der Waals surface area contributed by atoms with E-state index in [-0.39, 0.29) is 25.1 Å². The SMILES string of the molecule is Cl.N#Cc1cccnc1C[C@@H](N)CO. The number of nitrogens with zero attached hydrogens (tertiary/aromatic N) is 2. The molecule has 14 heavy (non-hydrogen) atoms. The highest BCUT2D eigenvalue weighted by Gasteiger charge is 2.07. The molecule has 76 valence electrons. The maximum atomic E-state index is 8.72. The standard InChI is InChI=1S/C9H11N3O.ClH/c10-5-7-2-1-3-12-9(7)4-8(11)6-13;/h1-3,8,13H,4,6,11H2;1H/t8-;/m1./s1. The molecule has 0 saturated carbocycles. The summed E-state index contributed by atoms with van der Waals surface area (Å²) in [6.07, 6.45) is 2.04. The first kappa shape index (κ1) is 12.8. The van der Waals surface area contributed by atoms with Crippen LogP contribution in [0.25, 0.3) is 0 Å². The normalized spacial score (nSPS) is 11.2. The number of nitrogens with two attached hydrogens (primary N) is 1. The van der Waals surface area contributed by atoms with E-state index in [4.69, 9.17) is 16.1 Å². The van der Waals surface area contributed by atoms with Gasteiger partial charge in [-0.15, -0.1) is 12.4 Å². The van der Waals surface area contributed by atoms with Crippen molar-refractivity contribution >= 4 is 12.4 Å². The zero-order valence-electron chi connectivity index (χ0n) is 7.55. The van der Waals surface area contributed by atoms with Crippen LogP contribution in [0.5, 0.6) is 0 Å². The lowest BCUT2D eigenvalue weighted by molar-refractivity contribution is 0.264. The van der Waals surface area contributed by atoms with E-state index in [1.165, 1.54) is 0 Å². The first-order chi connectivity index (χ1) is 6.27. The summed E-state index contributed by atoms with van der Waals surface area (Å²) in [5.74, 6) is 0. The van der Waals surface area contributed by atoms with Crippen LogP contribution in [0.3, 0.4) is 0 Å². The monoisotopic (exact) mass is 213 g/mol.